The van der Waals surface area contributed by atoms with Gasteiger partial charge in [0.25, 0.3) is 0 Å². The number of aliphatic hydroxyl groups excluding tert-OH is 2. The minimum absolute atomic E-state index is 0.115. The molecule has 0 aromatic heterocycles. The number of nitrogens with two attached hydrogens (primary N) is 2. The summed E-state index contributed by atoms with van der Waals surface area (Å²) in [6.45, 7) is 7.59. The molecule has 0 amide bonds. The van der Waals surface area contributed by atoms with Gasteiger partial charge in [0.05, 0.1) is 33.5 Å². The quantitative estimate of drug-likeness (QED) is 0.0932. The van der Waals surface area contributed by atoms with Crippen molar-refractivity contribution in [2.45, 2.75) is 93.6 Å². The molecule has 0 radical (unpaired) electrons. The van der Waals surface area contributed by atoms with Crippen molar-refractivity contribution in [2.24, 2.45) is 10.8 Å². The minimum Gasteiger partial charge on any atom is -0.458 e. The van der Waals surface area contributed by atoms with Crippen LogP contribution in [-0.2, 0) is 19.7 Å². The zero-order valence-corrected chi connectivity index (χ0v) is 33.0. The van der Waals surface area contributed by atoms with Gasteiger partial charge in [-0.05, 0) is 102 Å². The zero-order valence-electron chi connectivity index (χ0n) is 31.4. The summed E-state index contributed by atoms with van der Waals surface area (Å²) < 4.78 is 66.3. The van der Waals surface area contributed by atoms with Gasteiger partial charge in [-0.1, -0.05) is 64.8 Å². The first kappa shape index (κ1) is 39.6. The molecule has 1 unspecified atom stereocenters. The van der Waals surface area contributed by atoms with E-state index in [9.17, 15) is 27.0 Å². The molecular formula is C42H52N2O8S2. The number of hydrogen-bond acceptors (Lipinski definition) is 10. The highest BCUT2D eigenvalue weighted by Gasteiger charge is 2.49. The van der Waals surface area contributed by atoms with Gasteiger partial charge in [0.2, 0.25) is 6.79 Å². The van der Waals surface area contributed by atoms with Crippen LogP contribution in [0.4, 0.5) is 11.4 Å². The SMILES string of the molecule is CCCC[C@]1(CC)CS(=O)(=O)c2ccc(N)cc2C(c2ccc(OCOc3ccc([C@@H]4c5cc(N)ccc5S(=O)(=O)C[C@@](C)(CC)[C@@H]4O)cc3)cc2)[C@@H]1O. The van der Waals surface area contributed by atoms with Crippen molar-refractivity contribution in [2.75, 3.05) is 29.8 Å². The summed E-state index contributed by atoms with van der Waals surface area (Å²) in [6.07, 6.45) is 1.30. The van der Waals surface area contributed by atoms with Crippen molar-refractivity contribution >= 4 is 31.0 Å². The molecule has 6 N–H and O–H groups in total. The average molecular weight is 777 g/mol. The van der Waals surface area contributed by atoms with Crippen LogP contribution in [0.5, 0.6) is 11.5 Å². The number of aliphatic hydroxyl groups is 2. The van der Waals surface area contributed by atoms with Crippen LogP contribution >= 0.6 is 0 Å². The molecule has 0 spiro atoms. The molecule has 0 aliphatic carbocycles. The van der Waals surface area contributed by atoms with E-state index < -0.39 is 54.5 Å². The maximum Gasteiger partial charge on any atom is 0.230 e. The normalized spacial score (nSPS) is 27.1. The van der Waals surface area contributed by atoms with Crippen LogP contribution in [0.25, 0.3) is 0 Å². The predicted octanol–water partition coefficient (Wildman–Crippen LogP) is 6.83. The Morgan fingerprint density at radius 1 is 0.667 bits per heavy atom. The Bertz CT molecular complexity index is 2190. The van der Waals surface area contributed by atoms with Crippen molar-refractivity contribution in [3.05, 3.63) is 107 Å². The van der Waals surface area contributed by atoms with Crippen LogP contribution in [0, 0.1) is 10.8 Å². The molecule has 4 aromatic rings. The van der Waals surface area contributed by atoms with Gasteiger partial charge in [0, 0.05) is 34.0 Å². The third-order valence-electron chi connectivity index (χ3n) is 11.8. The Kier molecular flexibility index (Phi) is 11.1. The highest BCUT2D eigenvalue weighted by Crippen LogP contribution is 2.50. The molecule has 2 heterocycles. The fourth-order valence-corrected chi connectivity index (χ4v) is 12.9. The molecule has 4 aromatic carbocycles. The standard InChI is InChI=1S/C42H52N2O8S2/c1-5-8-21-42(7-3)25-54(49,50)36-20-14-30(44)23-34(36)38(40(42)46)28-11-17-32(18-12-28)52-26-51-31-15-9-27(10-16-31)37-33-22-29(43)13-19-35(33)53(47,48)24-41(4,6-2)39(37)45/h9-20,22-23,37-40,45-46H,5-8,21,24-26,43-44H2,1-4H3/t37-,38?,39-,40+,41-,42-/m1/s1. The van der Waals surface area contributed by atoms with Gasteiger partial charge in [-0.2, -0.15) is 0 Å². The van der Waals surface area contributed by atoms with E-state index >= 15 is 0 Å². The van der Waals surface area contributed by atoms with Crippen LogP contribution < -0.4 is 20.9 Å². The van der Waals surface area contributed by atoms with Gasteiger partial charge >= 0.3 is 0 Å². The predicted molar refractivity (Wildman–Crippen MR) is 211 cm³/mol. The van der Waals surface area contributed by atoms with E-state index in [0.29, 0.717) is 53.3 Å². The van der Waals surface area contributed by atoms with Crippen LogP contribution in [0.2, 0.25) is 0 Å². The summed E-state index contributed by atoms with van der Waals surface area (Å²) in [4.78, 5) is 0.393. The Balaban J connectivity index is 1.21. The van der Waals surface area contributed by atoms with Crippen LogP contribution in [0.3, 0.4) is 0 Å². The van der Waals surface area contributed by atoms with Crippen LogP contribution in [-0.4, -0.2) is 57.6 Å². The summed E-state index contributed by atoms with van der Waals surface area (Å²) in [5, 5.41) is 23.8. The Labute approximate surface area is 319 Å². The van der Waals surface area contributed by atoms with Crippen molar-refractivity contribution in [3.8, 4) is 11.5 Å². The minimum atomic E-state index is -3.70. The lowest BCUT2D eigenvalue weighted by atomic mass is 9.69. The molecule has 10 nitrogen and oxygen atoms in total. The van der Waals surface area contributed by atoms with E-state index in [1.54, 1.807) is 54.6 Å². The van der Waals surface area contributed by atoms with E-state index in [1.165, 1.54) is 6.07 Å². The van der Waals surface area contributed by atoms with Gasteiger partial charge in [-0.3, -0.25) is 0 Å². The number of benzene rings is 4. The number of unbranched alkanes of at least 4 members (excludes halogenated alkanes) is 1. The number of nitrogen functional groups attached to an aromatic ring is 2. The first-order chi connectivity index (χ1) is 25.6. The molecular weight excluding hydrogens is 725 g/mol. The first-order valence-electron chi connectivity index (χ1n) is 18.6. The molecule has 54 heavy (non-hydrogen) atoms. The molecule has 6 rings (SSSR count). The van der Waals surface area contributed by atoms with Crippen molar-refractivity contribution < 1.29 is 36.5 Å². The monoisotopic (exact) mass is 776 g/mol. The summed E-state index contributed by atoms with van der Waals surface area (Å²) >= 11 is 0. The topological polar surface area (TPSA) is 179 Å². The van der Waals surface area contributed by atoms with Crippen molar-refractivity contribution in [3.63, 3.8) is 0 Å². The number of anilines is 2. The van der Waals surface area contributed by atoms with Crippen LogP contribution in [0.1, 0.15) is 93.9 Å². The fraction of sp³-hybridized carbons (Fsp3) is 0.429. The number of hydrogen-bond donors (Lipinski definition) is 4. The summed E-state index contributed by atoms with van der Waals surface area (Å²) in [5.41, 5.74) is 13.9. The van der Waals surface area contributed by atoms with Gasteiger partial charge < -0.3 is 31.2 Å². The van der Waals surface area contributed by atoms with Gasteiger partial charge in [0.1, 0.15) is 11.5 Å². The lowest BCUT2D eigenvalue weighted by Gasteiger charge is -2.39. The second-order valence-corrected chi connectivity index (χ2v) is 19.2. The molecule has 0 saturated carbocycles. The largest absolute Gasteiger partial charge is 0.458 e. The highest BCUT2D eigenvalue weighted by atomic mass is 32.2. The molecule has 0 bridgehead atoms. The molecule has 0 saturated heterocycles. The number of fused-ring (bicyclic) bond motifs is 2. The summed E-state index contributed by atoms with van der Waals surface area (Å²) in [5.74, 6) is -0.520. The smallest absolute Gasteiger partial charge is 0.230 e. The van der Waals surface area contributed by atoms with Crippen molar-refractivity contribution in [1.82, 2.24) is 0 Å². The molecule has 2 aliphatic heterocycles. The number of rotatable bonds is 11. The Morgan fingerprint density at radius 3 is 1.57 bits per heavy atom. The molecule has 12 heteroatoms. The first-order valence-corrected chi connectivity index (χ1v) is 21.9. The van der Waals surface area contributed by atoms with E-state index in [4.69, 9.17) is 20.9 Å². The lowest BCUT2D eigenvalue weighted by Crippen LogP contribution is -2.42. The number of ether oxygens (including phenoxy) is 2. The Morgan fingerprint density at radius 2 is 1.13 bits per heavy atom. The number of sulfone groups is 2. The van der Waals surface area contributed by atoms with Gasteiger partial charge in [-0.25, -0.2) is 16.8 Å². The zero-order chi connectivity index (χ0) is 39.1. The van der Waals surface area contributed by atoms with E-state index in [-0.39, 0.29) is 28.1 Å². The molecule has 6 atom stereocenters. The van der Waals surface area contributed by atoms with E-state index in [2.05, 4.69) is 6.92 Å². The van der Waals surface area contributed by atoms with E-state index in [0.717, 1.165) is 24.0 Å². The third-order valence-corrected chi connectivity index (χ3v) is 15.9. The lowest BCUT2D eigenvalue weighted by molar-refractivity contribution is 0.0174. The van der Waals surface area contributed by atoms with Gasteiger partial charge in [-0.15, -0.1) is 0 Å². The highest BCUT2D eigenvalue weighted by molar-refractivity contribution is 7.91. The van der Waals surface area contributed by atoms with E-state index in [1.807, 2.05) is 45.0 Å². The van der Waals surface area contributed by atoms with Crippen molar-refractivity contribution in [1.29, 1.82) is 0 Å². The molecule has 290 valence electrons. The molecule has 0 fully saturated rings. The van der Waals surface area contributed by atoms with Gasteiger partial charge in [0.15, 0.2) is 19.7 Å². The summed E-state index contributed by atoms with van der Waals surface area (Å²) in [6, 6.07) is 24.0. The van der Waals surface area contributed by atoms with Crippen LogP contribution in [0.15, 0.2) is 94.7 Å². The second kappa shape index (κ2) is 15.2. The maximum absolute atomic E-state index is 13.8. The fourth-order valence-electron chi connectivity index (χ4n) is 8.40. The summed E-state index contributed by atoms with van der Waals surface area (Å²) in [7, 11) is -7.38. The molecule has 2 aliphatic rings. The second-order valence-electron chi connectivity index (χ2n) is 15.3. The maximum atomic E-state index is 13.8. The average Bonchev–Trinajstić information content (AvgIpc) is 3.25. The Hall–Kier alpha value is -4.10. The third kappa shape index (κ3) is 7.45.